The third-order valence-electron chi connectivity index (χ3n) is 3.75. The molecule has 1 aliphatic carbocycles. The van der Waals surface area contributed by atoms with Crippen LogP contribution < -0.4 is 0 Å². The molecule has 1 N–H and O–H groups in total. The Morgan fingerprint density at radius 2 is 2.28 bits per heavy atom. The van der Waals surface area contributed by atoms with E-state index >= 15 is 0 Å². The van der Waals surface area contributed by atoms with Crippen molar-refractivity contribution in [2.24, 2.45) is 5.92 Å². The quantitative estimate of drug-likeness (QED) is 0.913. The van der Waals surface area contributed by atoms with Gasteiger partial charge in [0.05, 0.1) is 12.1 Å². The van der Waals surface area contributed by atoms with Crippen molar-refractivity contribution < 1.29 is 14.6 Å². The summed E-state index contributed by atoms with van der Waals surface area (Å²) in [5.41, 5.74) is 0.353. The van der Waals surface area contributed by atoms with Crippen molar-refractivity contribution in [2.75, 3.05) is 7.11 Å². The molecule has 1 fully saturated rings. The summed E-state index contributed by atoms with van der Waals surface area (Å²) in [5.74, 6) is -0.0951. The summed E-state index contributed by atoms with van der Waals surface area (Å²) in [4.78, 5) is 15.1. The van der Waals surface area contributed by atoms with Crippen LogP contribution in [0.4, 0.5) is 0 Å². The smallest absolute Gasteiger partial charge is 0.309 e. The van der Waals surface area contributed by atoms with Crippen LogP contribution in [0.3, 0.4) is 0 Å². The molecule has 0 aromatic carbocycles. The van der Waals surface area contributed by atoms with Crippen molar-refractivity contribution in [2.45, 2.75) is 44.6 Å². The van der Waals surface area contributed by atoms with Gasteiger partial charge in [-0.25, -0.2) is 4.98 Å². The van der Waals surface area contributed by atoms with E-state index in [0.29, 0.717) is 5.69 Å². The lowest BCUT2D eigenvalue weighted by Gasteiger charge is -2.36. The van der Waals surface area contributed by atoms with E-state index in [1.54, 1.807) is 7.11 Å². The van der Waals surface area contributed by atoms with Gasteiger partial charge in [0.15, 0.2) is 0 Å². The van der Waals surface area contributed by atoms with E-state index in [1.165, 1.54) is 11.3 Å². The molecule has 2 rings (SSSR count). The van der Waals surface area contributed by atoms with Gasteiger partial charge in [0, 0.05) is 12.5 Å². The maximum Gasteiger partial charge on any atom is 0.309 e. The number of nitrogens with zero attached hydrogens (tertiary/aromatic N) is 1. The van der Waals surface area contributed by atoms with Gasteiger partial charge in [0.2, 0.25) is 0 Å². The number of carboxylic acids is 1. The van der Waals surface area contributed by atoms with Gasteiger partial charge in [0.25, 0.3) is 0 Å². The molecule has 0 atom stereocenters. The number of rotatable bonds is 4. The van der Waals surface area contributed by atoms with Gasteiger partial charge < -0.3 is 9.84 Å². The van der Waals surface area contributed by atoms with Crippen molar-refractivity contribution >= 4 is 17.3 Å². The number of hydrogen-bond donors (Lipinski definition) is 1. The monoisotopic (exact) mass is 269 g/mol. The third kappa shape index (κ3) is 2.72. The van der Waals surface area contributed by atoms with Crippen molar-refractivity contribution in [3.8, 4) is 0 Å². The zero-order valence-corrected chi connectivity index (χ0v) is 11.6. The summed E-state index contributed by atoms with van der Waals surface area (Å²) in [6, 6.07) is 0. The lowest BCUT2D eigenvalue weighted by Crippen LogP contribution is -2.33. The van der Waals surface area contributed by atoms with Gasteiger partial charge in [-0.2, -0.15) is 0 Å². The second-order valence-corrected chi connectivity index (χ2v) is 5.95. The van der Waals surface area contributed by atoms with Crippen molar-refractivity contribution in [3.63, 3.8) is 0 Å². The highest BCUT2D eigenvalue weighted by molar-refractivity contribution is 7.09. The highest BCUT2D eigenvalue weighted by Gasteiger charge is 2.38. The van der Waals surface area contributed by atoms with Crippen molar-refractivity contribution in [1.29, 1.82) is 0 Å². The molecule has 1 heterocycles. The lowest BCUT2D eigenvalue weighted by molar-refractivity contribution is -0.136. The fourth-order valence-corrected chi connectivity index (χ4v) is 3.54. The second-order valence-electron chi connectivity index (χ2n) is 5.10. The maximum atomic E-state index is 10.7. The van der Waals surface area contributed by atoms with E-state index in [0.717, 1.165) is 36.6 Å². The van der Waals surface area contributed by atoms with E-state index in [-0.39, 0.29) is 12.0 Å². The topological polar surface area (TPSA) is 59.4 Å². The largest absolute Gasteiger partial charge is 0.481 e. The van der Waals surface area contributed by atoms with E-state index in [4.69, 9.17) is 9.84 Å². The summed E-state index contributed by atoms with van der Waals surface area (Å²) in [6.07, 6.45) is 4.23. The van der Waals surface area contributed by atoms with Crippen LogP contribution in [0.25, 0.3) is 0 Å². The molecule has 0 aliphatic heterocycles. The standard InChI is InChI=1S/C13H19NO3S/c1-9-3-5-13(17-2,6-4-9)12-14-10(8-18-12)7-11(15)16/h8-9H,3-7H2,1-2H3,(H,15,16). The molecule has 0 unspecified atom stereocenters. The summed E-state index contributed by atoms with van der Waals surface area (Å²) >= 11 is 1.52. The first-order chi connectivity index (χ1) is 8.55. The van der Waals surface area contributed by atoms with Gasteiger partial charge >= 0.3 is 5.97 Å². The van der Waals surface area contributed by atoms with Gasteiger partial charge in [-0.05, 0) is 31.6 Å². The number of hydrogen-bond acceptors (Lipinski definition) is 4. The van der Waals surface area contributed by atoms with E-state index in [2.05, 4.69) is 11.9 Å². The first kappa shape index (κ1) is 13.5. The Morgan fingerprint density at radius 1 is 1.61 bits per heavy atom. The molecular weight excluding hydrogens is 250 g/mol. The summed E-state index contributed by atoms with van der Waals surface area (Å²) in [5, 5.41) is 11.5. The number of carbonyl (C=O) groups is 1. The number of carboxylic acid groups (broad SMARTS) is 1. The minimum absolute atomic E-state index is 0.00724. The summed E-state index contributed by atoms with van der Waals surface area (Å²) < 4.78 is 5.73. The zero-order valence-electron chi connectivity index (χ0n) is 10.8. The van der Waals surface area contributed by atoms with Crippen LogP contribution in [0.1, 0.15) is 43.3 Å². The van der Waals surface area contributed by atoms with Crippen LogP contribution in [0.5, 0.6) is 0 Å². The Bertz CT molecular complexity index is 422. The molecule has 18 heavy (non-hydrogen) atoms. The third-order valence-corrected chi connectivity index (χ3v) is 4.82. The van der Waals surface area contributed by atoms with Gasteiger partial charge in [0.1, 0.15) is 10.6 Å². The molecule has 1 aromatic rings. The van der Waals surface area contributed by atoms with Crippen LogP contribution in [0, 0.1) is 5.92 Å². The summed E-state index contributed by atoms with van der Waals surface area (Å²) in [6.45, 7) is 2.26. The van der Waals surface area contributed by atoms with Crippen LogP contribution in [-0.4, -0.2) is 23.2 Å². The average molecular weight is 269 g/mol. The predicted molar refractivity (Wildman–Crippen MR) is 69.8 cm³/mol. The Kier molecular flexibility index (Phi) is 4.02. The normalized spacial score (nSPS) is 28.2. The lowest BCUT2D eigenvalue weighted by atomic mass is 9.80. The zero-order chi connectivity index (χ0) is 13.2. The van der Waals surface area contributed by atoms with Crippen LogP contribution in [0.2, 0.25) is 0 Å². The highest BCUT2D eigenvalue weighted by Crippen LogP contribution is 2.43. The molecule has 0 saturated heterocycles. The Labute approximate surface area is 111 Å². The van der Waals surface area contributed by atoms with E-state index < -0.39 is 5.97 Å². The average Bonchev–Trinajstić information content (AvgIpc) is 2.79. The number of thiazole rings is 1. The minimum atomic E-state index is -0.837. The molecule has 4 nitrogen and oxygen atoms in total. The fraction of sp³-hybridized carbons (Fsp3) is 0.692. The molecule has 5 heteroatoms. The van der Waals surface area contributed by atoms with Gasteiger partial charge in [-0.15, -0.1) is 11.3 Å². The molecule has 1 aromatic heterocycles. The molecule has 0 amide bonds. The predicted octanol–water partition coefficient (Wildman–Crippen LogP) is 2.82. The van der Waals surface area contributed by atoms with Crippen LogP contribution in [-0.2, 0) is 21.6 Å². The molecule has 0 spiro atoms. The molecule has 100 valence electrons. The molecular formula is C13H19NO3S. The highest BCUT2D eigenvalue weighted by atomic mass is 32.1. The van der Waals surface area contributed by atoms with Gasteiger partial charge in [-0.1, -0.05) is 6.92 Å². The molecule has 0 bridgehead atoms. The Hall–Kier alpha value is -0.940. The molecule has 0 radical (unpaired) electrons. The van der Waals surface area contributed by atoms with Gasteiger partial charge in [-0.3, -0.25) is 4.79 Å². The maximum absolute atomic E-state index is 10.7. The second kappa shape index (κ2) is 5.36. The van der Waals surface area contributed by atoms with Crippen LogP contribution in [0.15, 0.2) is 5.38 Å². The Morgan fingerprint density at radius 3 is 2.83 bits per heavy atom. The SMILES string of the molecule is COC1(c2nc(CC(=O)O)cs2)CCC(C)CC1. The number of methoxy groups -OCH3 is 1. The molecule has 1 aliphatic rings. The van der Waals surface area contributed by atoms with Crippen molar-refractivity contribution in [1.82, 2.24) is 4.98 Å². The number of aromatic nitrogens is 1. The van der Waals surface area contributed by atoms with Crippen LogP contribution >= 0.6 is 11.3 Å². The first-order valence-electron chi connectivity index (χ1n) is 6.27. The molecule has 1 saturated carbocycles. The number of ether oxygens (including phenoxy) is 1. The minimum Gasteiger partial charge on any atom is -0.481 e. The fourth-order valence-electron chi connectivity index (χ4n) is 2.49. The number of aliphatic carboxylic acids is 1. The van der Waals surface area contributed by atoms with Crippen molar-refractivity contribution in [3.05, 3.63) is 16.1 Å². The first-order valence-corrected chi connectivity index (χ1v) is 7.15. The Balaban J connectivity index is 2.17. The van der Waals surface area contributed by atoms with E-state index in [1.807, 2.05) is 5.38 Å². The van der Waals surface area contributed by atoms with E-state index in [9.17, 15) is 4.79 Å². The summed E-state index contributed by atoms with van der Waals surface area (Å²) in [7, 11) is 1.73.